The minimum Gasteiger partial charge on any atom is -0.464 e. The van der Waals surface area contributed by atoms with E-state index in [4.69, 9.17) is 4.42 Å². The molecule has 0 radical (unpaired) electrons. The Morgan fingerprint density at radius 3 is 2.62 bits per heavy atom. The fraction of sp³-hybridized carbons (Fsp3) is 0.471. The van der Waals surface area contributed by atoms with Gasteiger partial charge in [-0.05, 0) is 32.0 Å². The summed E-state index contributed by atoms with van der Waals surface area (Å²) in [7, 11) is 2.09. The van der Waals surface area contributed by atoms with Crippen LogP contribution in [0.15, 0.2) is 22.8 Å². The lowest BCUT2D eigenvalue weighted by atomic mass is 10.0. The fourth-order valence-electron chi connectivity index (χ4n) is 2.86. The summed E-state index contributed by atoms with van der Waals surface area (Å²) in [6.07, 6.45) is 2.17. The van der Waals surface area contributed by atoms with Gasteiger partial charge in [0.05, 0.1) is 12.7 Å². The van der Waals surface area contributed by atoms with Gasteiger partial charge < -0.3 is 14.2 Å². The average Bonchev–Trinajstić information content (AvgIpc) is 2.87. The van der Waals surface area contributed by atoms with Gasteiger partial charge in [0.2, 0.25) is 5.91 Å². The molecule has 0 aliphatic carbocycles. The van der Waals surface area contributed by atoms with Crippen molar-refractivity contribution in [3.8, 4) is 0 Å². The Morgan fingerprint density at radius 1 is 1.19 bits per heavy atom. The van der Waals surface area contributed by atoms with Gasteiger partial charge in [-0.2, -0.15) is 0 Å². The van der Waals surface area contributed by atoms with Gasteiger partial charge in [-0.25, -0.2) is 0 Å². The first kappa shape index (κ1) is 14.1. The van der Waals surface area contributed by atoms with Crippen LogP contribution in [0.2, 0.25) is 0 Å². The first-order chi connectivity index (χ1) is 10.1. The summed E-state index contributed by atoms with van der Waals surface area (Å²) in [4.78, 5) is 16.6. The van der Waals surface area contributed by atoms with Crippen molar-refractivity contribution in [2.75, 3.05) is 33.2 Å². The molecule has 4 nitrogen and oxygen atoms in total. The number of likely N-dealkylation sites (N-methyl/N-ethyl adjacent to an activating group) is 1. The molecule has 1 fully saturated rings. The maximum atomic E-state index is 12.4. The van der Waals surface area contributed by atoms with Crippen molar-refractivity contribution in [1.82, 2.24) is 9.80 Å². The molecule has 0 N–H and O–H groups in total. The van der Waals surface area contributed by atoms with Gasteiger partial charge in [0.25, 0.3) is 0 Å². The van der Waals surface area contributed by atoms with Crippen molar-refractivity contribution >= 4 is 16.9 Å². The van der Waals surface area contributed by atoms with E-state index in [1.807, 2.05) is 4.90 Å². The number of carbonyl (C=O) groups is 1. The van der Waals surface area contributed by atoms with Gasteiger partial charge in [0.15, 0.2) is 0 Å². The van der Waals surface area contributed by atoms with E-state index in [9.17, 15) is 4.79 Å². The van der Waals surface area contributed by atoms with Crippen molar-refractivity contribution in [3.63, 3.8) is 0 Å². The molecule has 0 unspecified atom stereocenters. The molecule has 1 saturated heterocycles. The Bertz CT molecular complexity index is 667. The molecule has 0 atom stereocenters. The van der Waals surface area contributed by atoms with E-state index in [-0.39, 0.29) is 5.91 Å². The van der Waals surface area contributed by atoms with Crippen molar-refractivity contribution in [2.24, 2.45) is 0 Å². The maximum absolute atomic E-state index is 12.4. The number of hydrogen-bond acceptors (Lipinski definition) is 3. The van der Waals surface area contributed by atoms with Crippen molar-refractivity contribution in [1.29, 1.82) is 0 Å². The highest BCUT2D eigenvalue weighted by Gasteiger charge is 2.21. The van der Waals surface area contributed by atoms with E-state index in [1.54, 1.807) is 6.26 Å². The fourth-order valence-corrected chi connectivity index (χ4v) is 2.86. The Morgan fingerprint density at radius 2 is 1.90 bits per heavy atom. The highest BCUT2D eigenvalue weighted by Crippen LogP contribution is 2.27. The minimum atomic E-state index is 0.198. The van der Waals surface area contributed by atoms with Crippen LogP contribution in [0.3, 0.4) is 0 Å². The standard InChI is InChI=1S/C17H22N2O2/c1-12-4-5-15-14(11-21-17(15)13(12)2)10-16(20)19-8-6-18(3)7-9-19/h4-5,11H,6-10H2,1-3H3. The van der Waals surface area contributed by atoms with Crippen LogP contribution in [0.5, 0.6) is 0 Å². The van der Waals surface area contributed by atoms with E-state index < -0.39 is 0 Å². The second kappa shape index (κ2) is 5.53. The molecule has 4 heteroatoms. The monoisotopic (exact) mass is 286 g/mol. The molecular weight excluding hydrogens is 264 g/mol. The Kier molecular flexibility index (Phi) is 3.72. The summed E-state index contributed by atoms with van der Waals surface area (Å²) < 4.78 is 5.69. The van der Waals surface area contributed by atoms with Crippen LogP contribution in [0.1, 0.15) is 16.7 Å². The summed E-state index contributed by atoms with van der Waals surface area (Å²) in [6.45, 7) is 7.69. The molecule has 1 aliphatic rings. The Hall–Kier alpha value is -1.81. The number of carbonyl (C=O) groups excluding carboxylic acids is 1. The number of aryl methyl sites for hydroxylation is 2. The number of piperazine rings is 1. The third kappa shape index (κ3) is 2.68. The van der Waals surface area contributed by atoms with Crippen LogP contribution in [-0.2, 0) is 11.2 Å². The molecule has 1 aromatic carbocycles. The Balaban J connectivity index is 1.79. The summed E-state index contributed by atoms with van der Waals surface area (Å²) in [5.74, 6) is 0.198. The van der Waals surface area contributed by atoms with Crippen LogP contribution in [0.4, 0.5) is 0 Å². The first-order valence-corrected chi connectivity index (χ1v) is 7.49. The average molecular weight is 286 g/mol. The molecular formula is C17H22N2O2. The third-order valence-corrected chi connectivity index (χ3v) is 4.54. The third-order valence-electron chi connectivity index (χ3n) is 4.54. The van der Waals surface area contributed by atoms with E-state index in [2.05, 4.69) is 37.9 Å². The number of fused-ring (bicyclic) bond motifs is 1. The summed E-state index contributed by atoms with van der Waals surface area (Å²) in [6, 6.07) is 4.16. The number of hydrogen-bond donors (Lipinski definition) is 0. The zero-order valence-corrected chi connectivity index (χ0v) is 13.0. The molecule has 1 aliphatic heterocycles. The van der Waals surface area contributed by atoms with Gasteiger partial charge in [-0.3, -0.25) is 4.79 Å². The molecule has 2 heterocycles. The predicted octanol–water partition coefficient (Wildman–Crippen LogP) is 2.37. The molecule has 0 bridgehead atoms. The molecule has 1 aromatic heterocycles. The topological polar surface area (TPSA) is 36.7 Å². The SMILES string of the molecule is Cc1ccc2c(CC(=O)N3CCN(C)CC3)coc2c1C. The quantitative estimate of drug-likeness (QED) is 0.850. The van der Waals surface area contributed by atoms with Gasteiger partial charge >= 0.3 is 0 Å². The van der Waals surface area contributed by atoms with Crippen LogP contribution < -0.4 is 0 Å². The maximum Gasteiger partial charge on any atom is 0.227 e. The highest BCUT2D eigenvalue weighted by atomic mass is 16.3. The van der Waals surface area contributed by atoms with Gasteiger partial charge in [0, 0.05) is 37.1 Å². The normalized spacial score (nSPS) is 16.6. The van der Waals surface area contributed by atoms with Gasteiger partial charge in [0.1, 0.15) is 5.58 Å². The van der Waals surface area contributed by atoms with E-state index >= 15 is 0 Å². The van der Waals surface area contributed by atoms with Crippen LogP contribution >= 0.6 is 0 Å². The second-order valence-corrected chi connectivity index (χ2v) is 6.01. The van der Waals surface area contributed by atoms with Crippen LogP contribution in [0.25, 0.3) is 11.0 Å². The molecule has 0 saturated carbocycles. The number of amides is 1. The lowest BCUT2D eigenvalue weighted by molar-refractivity contribution is -0.132. The van der Waals surface area contributed by atoms with Crippen molar-refractivity contribution < 1.29 is 9.21 Å². The van der Waals surface area contributed by atoms with Crippen LogP contribution in [-0.4, -0.2) is 48.9 Å². The number of rotatable bonds is 2. The number of benzene rings is 1. The van der Waals surface area contributed by atoms with E-state index in [0.717, 1.165) is 48.3 Å². The Labute approximate surface area is 125 Å². The zero-order valence-electron chi connectivity index (χ0n) is 13.0. The smallest absolute Gasteiger partial charge is 0.227 e. The molecule has 1 amide bonds. The molecule has 112 valence electrons. The molecule has 21 heavy (non-hydrogen) atoms. The predicted molar refractivity (Wildman–Crippen MR) is 83.5 cm³/mol. The van der Waals surface area contributed by atoms with Crippen LogP contribution in [0, 0.1) is 13.8 Å². The summed E-state index contributed by atoms with van der Waals surface area (Å²) >= 11 is 0. The van der Waals surface area contributed by atoms with Crippen molar-refractivity contribution in [2.45, 2.75) is 20.3 Å². The molecule has 3 rings (SSSR count). The largest absolute Gasteiger partial charge is 0.464 e. The summed E-state index contributed by atoms with van der Waals surface area (Å²) in [5, 5.41) is 1.07. The summed E-state index contributed by atoms with van der Waals surface area (Å²) in [5.41, 5.74) is 4.28. The molecule has 0 spiro atoms. The highest BCUT2D eigenvalue weighted by molar-refractivity contribution is 5.89. The minimum absolute atomic E-state index is 0.198. The number of furan rings is 1. The zero-order chi connectivity index (χ0) is 15.0. The number of nitrogens with zero attached hydrogens (tertiary/aromatic N) is 2. The van der Waals surface area contributed by atoms with E-state index in [0.29, 0.717) is 6.42 Å². The first-order valence-electron chi connectivity index (χ1n) is 7.49. The second-order valence-electron chi connectivity index (χ2n) is 6.01. The van der Waals surface area contributed by atoms with Gasteiger partial charge in [-0.15, -0.1) is 0 Å². The lowest BCUT2D eigenvalue weighted by Gasteiger charge is -2.32. The lowest BCUT2D eigenvalue weighted by Crippen LogP contribution is -2.47. The molecule has 2 aromatic rings. The van der Waals surface area contributed by atoms with Gasteiger partial charge in [-0.1, -0.05) is 12.1 Å². The van der Waals surface area contributed by atoms with Crippen molar-refractivity contribution in [3.05, 3.63) is 35.1 Å². The van der Waals surface area contributed by atoms with E-state index in [1.165, 1.54) is 5.56 Å².